The van der Waals surface area contributed by atoms with Gasteiger partial charge in [-0.15, -0.1) is 11.3 Å². The fourth-order valence-corrected chi connectivity index (χ4v) is 3.48. The van der Waals surface area contributed by atoms with Crippen molar-refractivity contribution in [1.29, 1.82) is 0 Å². The average molecular weight is 443 g/mol. The Bertz CT molecular complexity index is 1170. The quantitative estimate of drug-likeness (QED) is 0.456. The second-order valence-corrected chi connectivity index (χ2v) is 7.61. The smallest absolute Gasteiger partial charge is 0.287 e. The number of benzene rings is 1. The van der Waals surface area contributed by atoms with Crippen molar-refractivity contribution in [3.63, 3.8) is 0 Å². The highest BCUT2D eigenvalue weighted by Crippen LogP contribution is 2.34. The van der Waals surface area contributed by atoms with E-state index in [1.54, 1.807) is 48.7 Å². The van der Waals surface area contributed by atoms with Crippen molar-refractivity contribution >= 4 is 40.4 Å². The zero-order valence-electron chi connectivity index (χ0n) is 15.6. The number of carbonyl (C=O) groups is 2. The molecule has 4 aromatic rings. The van der Waals surface area contributed by atoms with E-state index in [0.29, 0.717) is 21.4 Å². The molecule has 0 saturated heterocycles. The van der Waals surface area contributed by atoms with Crippen molar-refractivity contribution in [3.05, 3.63) is 64.9 Å². The molecule has 10 heteroatoms. The van der Waals surface area contributed by atoms with Crippen LogP contribution in [-0.4, -0.2) is 28.0 Å². The Morgan fingerprint density at radius 1 is 1.17 bits per heavy atom. The van der Waals surface area contributed by atoms with E-state index in [1.807, 2.05) is 0 Å². The maximum absolute atomic E-state index is 12.5. The number of hydrogen-bond donors (Lipinski definition) is 2. The minimum absolute atomic E-state index is 0.131. The first-order valence-corrected chi connectivity index (χ1v) is 10.1. The van der Waals surface area contributed by atoms with E-state index in [-0.39, 0.29) is 11.7 Å². The number of amides is 2. The summed E-state index contributed by atoms with van der Waals surface area (Å²) in [6.07, 6.45) is 1.39. The molecule has 0 aliphatic carbocycles. The van der Waals surface area contributed by atoms with E-state index in [9.17, 15) is 9.59 Å². The van der Waals surface area contributed by atoms with Gasteiger partial charge in [0, 0.05) is 10.6 Å². The summed E-state index contributed by atoms with van der Waals surface area (Å²) in [5.41, 5.74) is 1.27. The van der Waals surface area contributed by atoms with Gasteiger partial charge >= 0.3 is 0 Å². The molecule has 8 nitrogen and oxygen atoms in total. The van der Waals surface area contributed by atoms with Crippen molar-refractivity contribution in [2.45, 2.75) is 13.0 Å². The lowest BCUT2D eigenvalue weighted by Crippen LogP contribution is -2.41. The third kappa shape index (κ3) is 4.27. The van der Waals surface area contributed by atoms with E-state index in [0.717, 1.165) is 5.56 Å². The summed E-state index contributed by atoms with van der Waals surface area (Å²) in [6, 6.07) is 11.1. The summed E-state index contributed by atoms with van der Waals surface area (Å²) in [5.74, 6) is -0.0555. The standard InChI is InChI=1S/C20H15ClN4O4S/c1-11(22-19(27)15-3-2-9-28-15)18(26)23-14-8-10-30-16(14)20-24-17(25-29-20)12-4-6-13(21)7-5-12/h2-11H,1H3,(H,22,27)(H,23,26). The van der Waals surface area contributed by atoms with Gasteiger partial charge in [-0.25, -0.2) is 0 Å². The number of furan rings is 1. The molecule has 1 unspecified atom stereocenters. The van der Waals surface area contributed by atoms with E-state index in [1.165, 1.54) is 23.7 Å². The van der Waals surface area contributed by atoms with Gasteiger partial charge in [0.2, 0.25) is 11.7 Å². The number of carbonyl (C=O) groups excluding carboxylic acids is 2. The second-order valence-electron chi connectivity index (χ2n) is 6.26. The fourth-order valence-electron chi connectivity index (χ4n) is 2.59. The van der Waals surface area contributed by atoms with Crippen LogP contribution in [0.15, 0.2) is 63.0 Å². The van der Waals surface area contributed by atoms with Crippen molar-refractivity contribution in [1.82, 2.24) is 15.5 Å². The summed E-state index contributed by atoms with van der Waals surface area (Å²) in [5, 5.41) is 11.8. The molecule has 152 valence electrons. The van der Waals surface area contributed by atoms with E-state index < -0.39 is 17.9 Å². The predicted octanol–water partition coefficient (Wildman–Crippen LogP) is 4.47. The molecule has 3 heterocycles. The Morgan fingerprint density at radius 3 is 2.70 bits per heavy atom. The normalized spacial score (nSPS) is 11.8. The van der Waals surface area contributed by atoms with Gasteiger partial charge in [0.15, 0.2) is 5.76 Å². The number of rotatable bonds is 6. The van der Waals surface area contributed by atoms with Gasteiger partial charge in [-0.3, -0.25) is 9.59 Å². The van der Waals surface area contributed by atoms with Crippen LogP contribution in [0.25, 0.3) is 22.2 Å². The summed E-state index contributed by atoms with van der Waals surface area (Å²) >= 11 is 7.25. The maximum atomic E-state index is 12.5. The SMILES string of the molecule is CC(NC(=O)c1ccco1)C(=O)Nc1ccsc1-c1nc(-c2ccc(Cl)cc2)no1. The predicted molar refractivity (Wildman–Crippen MR) is 112 cm³/mol. The highest BCUT2D eigenvalue weighted by atomic mass is 35.5. The molecule has 0 spiro atoms. The maximum Gasteiger partial charge on any atom is 0.287 e. The molecule has 0 aliphatic rings. The van der Waals surface area contributed by atoms with Crippen LogP contribution in [-0.2, 0) is 4.79 Å². The van der Waals surface area contributed by atoms with E-state index in [2.05, 4.69) is 20.8 Å². The molecule has 1 aromatic carbocycles. The Balaban J connectivity index is 1.46. The molecule has 2 amide bonds. The second kappa shape index (κ2) is 8.52. The largest absolute Gasteiger partial charge is 0.459 e. The number of nitrogens with one attached hydrogen (secondary N) is 2. The van der Waals surface area contributed by atoms with Crippen LogP contribution in [0.2, 0.25) is 5.02 Å². The van der Waals surface area contributed by atoms with Crippen LogP contribution in [0.4, 0.5) is 5.69 Å². The van der Waals surface area contributed by atoms with E-state index >= 15 is 0 Å². The molecule has 30 heavy (non-hydrogen) atoms. The van der Waals surface area contributed by atoms with Crippen LogP contribution in [0.3, 0.4) is 0 Å². The lowest BCUT2D eigenvalue weighted by atomic mass is 10.2. The minimum atomic E-state index is -0.789. The lowest BCUT2D eigenvalue weighted by Gasteiger charge is -2.13. The van der Waals surface area contributed by atoms with Gasteiger partial charge in [0.25, 0.3) is 11.8 Å². The van der Waals surface area contributed by atoms with Gasteiger partial charge in [-0.05, 0) is 54.8 Å². The number of halogens is 1. The zero-order valence-corrected chi connectivity index (χ0v) is 17.2. The molecular formula is C20H15ClN4O4S. The molecular weight excluding hydrogens is 428 g/mol. The van der Waals surface area contributed by atoms with Crippen LogP contribution in [0.5, 0.6) is 0 Å². The molecule has 0 fully saturated rings. The van der Waals surface area contributed by atoms with Crippen LogP contribution >= 0.6 is 22.9 Å². The van der Waals surface area contributed by atoms with Gasteiger partial charge in [0.1, 0.15) is 10.9 Å². The Labute approximate surface area is 179 Å². The highest BCUT2D eigenvalue weighted by molar-refractivity contribution is 7.14. The number of aromatic nitrogens is 2. The molecule has 0 bridgehead atoms. The number of nitrogens with zero attached hydrogens (tertiary/aromatic N) is 2. The van der Waals surface area contributed by atoms with Crippen molar-refractivity contribution < 1.29 is 18.5 Å². The number of anilines is 1. The van der Waals surface area contributed by atoms with Crippen LogP contribution in [0, 0.1) is 0 Å². The first kappa shape index (κ1) is 19.9. The van der Waals surface area contributed by atoms with Crippen molar-refractivity contribution in [3.8, 4) is 22.2 Å². The Morgan fingerprint density at radius 2 is 1.97 bits per heavy atom. The van der Waals surface area contributed by atoms with Gasteiger partial charge in [0.05, 0.1) is 12.0 Å². The minimum Gasteiger partial charge on any atom is -0.459 e. The molecule has 0 radical (unpaired) electrons. The number of hydrogen-bond acceptors (Lipinski definition) is 7. The van der Waals surface area contributed by atoms with E-state index in [4.69, 9.17) is 20.5 Å². The molecule has 2 N–H and O–H groups in total. The van der Waals surface area contributed by atoms with Crippen LogP contribution in [0.1, 0.15) is 17.5 Å². The molecule has 0 aliphatic heterocycles. The monoisotopic (exact) mass is 442 g/mol. The van der Waals surface area contributed by atoms with Gasteiger partial charge in [-0.2, -0.15) is 4.98 Å². The lowest BCUT2D eigenvalue weighted by molar-refractivity contribution is -0.117. The molecule has 0 saturated carbocycles. The van der Waals surface area contributed by atoms with Gasteiger partial charge in [-0.1, -0.05) is 16.8 Å². The summed E-state index contributed by atoms with van der Waals surface area (Å²) in [7, 11) is 0. The Kier molecular flexibility index (Phi) is 5.64. The third-order valence-electron chi connectivity index (χ3n) is 4.13. The number of thiophene rings is 1. The highest BCUT2D eigenvalue weighted by Gasteiger charge is 2.21. The molecule has 3 aromatic heterocycles. The molecule has 1 atom stereocenters. The third-order valence-corrected chi connectivity index (χ3v) is 5.29. The first-order chi connectivity index (χ1) is 14.5. The summed E-state index contributed by atoms with van der Waals surface area (Å²) < 4.78 is 10.4. The summed E-state index contributed by atoms with van der Waals surface area (Å²) in [4.78, 5) is 29.6. The van der Waals surface area contributed by atoms with Crippen molar-refractivity contribution in [2.24, 2.45) is 0 Å². The van der Waals surface area contributed by atoms with Crippen molar-refractivity contribution in [2.75, 3.05) is 5.32 Å². The fraction of sp³-hybridized carbons (Fsp3) is 0.100. The topological polar surface area (TPSA) is 110 Å². The zero-order chi connectivity index (χ0) is 21.1. The Hall–Kier alpha value is -3.43. The van der Waals surface area contributed by atoms with Gasteiger partial charge < -0.3 is 19.6 Å². The summed E-state index contributed by atoms with van der Waals surface area (Å²) in [6.45, 7) is 1.58. The van der Waals surface area contributed by atoms with Crippen LogP contribution < -0.4 is 10.6 Å². The first-order valence-electron chi connectivity index (χ1n) is 8.84. The molecule has 4 rings (SSSR count). The average Bonchev–Trinajstić information content (AvgIpc) is 3.49.